The number of aromatic nitrogens is 2. The average Bonchev–Trinajstić information content (AvgIpc) is 3.62. The summed E-state index contributed by atoms with van der Waals surface area (Å²) in [6.45, 7) is 3.33. The van der Waals surface area contributed by atoms with Crippen molar-refractivity contribution in [1.82, 2.24) is 9.97 Å². The van der Waals surface area contributed by atoms with Crippen LogP contribution >= 0.6 is 0 Å². The first kappa shape index (κ1) is 27.3. The summed E-state index contributed by atoms with van der Waals surface area (Å²) in [5.74, 6) is -0.0202. The molecule has 3 aromatic carbocycles. The van der Waals surface area contributed by atoms with E-state index in [2.05, 4.69) is 9.97 Å². The highest BCUT2D eigenvalue weighted by Crippen LogP contribution is 2.42. The van der Waals surface area contributed by atoms with Crippen LogP contribution in [0.25, 0.3) is 56.1 Å². The number of anilines is 1. The van der Waals surface area contributed by atoms with Gasteiger partial charge in [-0.15, -0.1) is 0 Å². The zero-order valence-electron chi connectivity index (χ0n) is 23.1. The van der Waals surface area contributed by atoms with Crippen molar-refractivity contribution < 1.29 is 26.4 Å². The second-order valence-electron chi connectivity index (χ2n) is 9.75. The predicted octanol–water partition coefficient (Wildman–Crippen LogP) is 7.49. The van der Waals surface area contributed by atoms with Gasteiger partial charge in [0, 0.05) is 47.8 Å². The van der Waals surface area contributed by atoms with E-state index in [-0.39, 0.29) is 18.0 Å². The molecule has 0 unspecified atom stereocenters. The van der Waals surface area contributed by atoms with Gasteiger partial charge in [-0.2, -0.15) is 4.98 Å². The van der Waals surface area contributed by atoms with Crippen molar-refractivity contribution >= 4 is 43.7 Å². The highest BCUT2D eigenvalue weighted by atomic mass is 32.2. The van der Waals surface area contributed by atoms with Crippen molar-refractivity contribution in [2.45, 2.75) is 20.3 Å². The van der Waals surface area contributed by atoms with Crippen LogP contribution in [0.4, 0.5) is 10.1 Å². The number of benzene rings is 3. The Hall–Kier alpha value is -4.83. The van der Waals surface area contributed by atoms with Crippen LogP contribution in [-0.2, 0) is 10.0 Å². The molecule has 0 aliphatic rings. The zero-order valence-corrected chi connectivity index (χ0v) is 23.9. The molecule has 0 amide bonds. The lowest BCUT2D eigenvalue weighted by Gasteiger charge is -2.22. The molecule has 0 aliphatic heterocycles. The first-order valence-electron chi connectivity index (χ1n) is 13.4. The Balaban J connectivity index is 1.61. The molecule has 3 aromatic heterocycles. The molecule has 0 radical (unpaired) electrons. The molecule has 0 N–H and O–H groups in total. The Bertz CT molecular complexity index is 2050. The smallest absolute Gasteiger partial charge is 0.234 e. The van der Waals surface area contributed by atoms with E-state index in [4.69, 9.17) is 8.83 Å². The number of hydrogen-bond donors (Lipinski definition) is 0. The van der Waals surface area contributed by atoms with Crippen LogP contribution in [0.2, 0.25) is 0 Å². The second-order valence-corrected chi connectivity index (χ2v) is 12.0. The number of halogens is 1. The fraction of sp³-hybridized carbons (Fsp3) is 0.156. The van der Waals surface area contributed by atoms with E-state index in [1.165, 1.54) is 23.5 Å². The minimum absolute atomic E-state index is 0.116. The number of carbonyl (C=O) groups excluding carboxylic acids is 1. The summed E-state index contributed by atoms with van der Waals surface area (Å²) in [7, 11) is -2.18. The summed E-state index contributed by atoms with van der Waals surface area (Å²) >= 11 is 0. The van der Waals surface area contributed by atoms with Gasteiger partial charge in [0.25, 0.3) is 0 Å². The van der Waals surface area contributed by atoms with Gasteiger partial charge in [0.2, 0.25) is 15.9 Å². The number of oxazole rings is 1. The number of hydrogen-bond acceptors (Lipinski definition) is 7. The van der Waals surface area contributed by atoms with Crippen LogP contribution in [0.3, 0.4) is 0 Å². The van der Waals surface area contributed by atoms with Gasteiger partial charge in [0.1, 0.15) is 17.2 Å². The van der Waals surface area contributed by atoms with Gasteiger partial charge in [0.15, 0.2) is 17.0 Å². The Morgan fingerprint density at radius 1 is 0.905 bits per heavy atom. The maximum Gasteiger partial charge on any atom is 0.234 e. The number of fused-ring (bicyclic) bond motifs is 2. The maximum absolute atomic E-state index is 13.7. The topological polar surface area (TPSA) is 107 Å². The minimum atomic E-state index is -3.67. The molecule has 0 atom stereocenters. The molecular formula is C32H26FN3O5S. The summed E-state index contributed by atoms with van der Waals surface area (Å²) in [4.78, 5) is 22.0. The molecule has 6 aromatic rings. The van der Waals surface area contributed by atoms with Crippen LogP contribution in [-0.4, -0.2) is 37.0 Å². The normalized spacial score (nSPS) is 11.8. The first-order chi connectivity index (χ1) is 20.2. The molecule has 0 bridgehead atoms. The molecule has 212 valence electrons. The van der Waals surface area contributed by atoms with E-state index < -0.39 is 15.8 Å². The quantitative estimate of drug-likeness (QED) is 0.171. The van der Waals surface area contributed by atoms with Gasteiger partial charge in [-0.3, -0.25) is 9.10 Å². The Morgan fingerprint density at radius 3 is 2.38 bits per heavy atom. The number of rotatable bonds is 8. The molecule has 10 heteroatoms. The molecular weight excluding hydrogens is 557 g/mol. The van der Waals surface area contributed by atoms with E-state index in [1.54, 1.807) is 56.4 Å². The average molecular weight is 584 g/mol. The lowest BCUT2D eigenvalue weighted by Crippen LogP contribution is -2.28. The van der Waals surface area contributed by atoms with E-state index in [1.807, 2.05) is 24.3 Å². The third kappa shape index (κ3) is 4.73. The van der Waals surface area contributed by atoms with Crippen molar-refractivity contribution in [3.8, 4) is 33.9 Å². The van der Waals surface area contributed by atoms with Crippen molar-refractivity contribution in [2.24, 2.45) is 0 Å². The van der Waals surface area contributed by atoms with Gasteiger partial charge in [-0.1, -0.05) is 19.1 Å². The van der Waals surface area contributed by atoms with Crippen LogP contribution in [0.1, 0.15) is 30.6 Å². The zero-order chi connectivity index (χ0) is 29.6. The lowest BCUT2D eigenvalue weighted by molar-refractivity contribution is 0.0989. The summed E-state index contributed by atoms with van der Waals surface area (Å²) in [6, 6.07) is 20.0. The summed E-state index contributed by atoms with van der Waals surface area (Å²) in [5.41, 5.74) is 4.53. The van der Waals surface area contributed by atoms with Crippen LogP contribution < -0.4 is 4.31 Å². The van der Waals surface area contributed by atoms with Gasteiger partial charge in [0.05, 0.1) is 17.0 Å². The largest absolute Gasteiger partial charge is 0.455 e. The fourth-order valence-corrected chi connectivity index (χ4v) is 5.78. The molecule has 0 saturated carbocycles. The van der Waals surface area contributed by atoms with Gasteiger partial charge in [-0.05, 0) is 67.1 Å². The SMILES string of the molecule is CCC(=O)c1c(-c2ccc(F)cc2)oc2cc(N(C)S(=O)(=O)CC)c(-c3cccc(-c4nc5ncccc5o4)c3)cc12. The molecule has 6 rings (SSSR count). The fourth-order valence-electron chi connectivity index (χ4n) is 4.94. The molecule has 42 heavy (non-hydrogen) atoms. The number of nitrogens with zero attached hydrogens (tertiary/aromatic N) is 3. The number of pyridine rings is 1. The van der Waals surface area contributed by atoms with E-state index >= 15 is 0 Å². The first-order valence-corrected chi connectivity index (χ1v) is 15.0. The summed E-state index contributed by atoms with van der Waals surface area (Å²) < 4.78 is 53.2. The van der Waals surface area contributed by atoms with Crippen LogP contribution in [0.5, 0.6) is 0 Å². The Kier molecular flexibility index (Phi) is 6.86. The molecule has 0 saturated heterocycles. The molecule has 0 fully saturated rings. The van der Waals surface area contributed by atoms with Gasteiger partial charge in [-0.25, -0.2) is 17.8 Å². The molecule has 3 heterocycles. The molecule has 8 nitrogen and oxygen atoms in total. The third-order valence-electron chi connectivity index (χ3n) is 7.22. The Morgan fingerprint density at radius 2 is 1.67 bits per heavy atom. The Labute approximate surface area is 241 Å². The lowest BCUT2D eigenvalue weighted by atomic mass is 9.95. The predicted molar refractivity (Wildman–Crippen MR) is 160 cm³/mol. The third-order valence-corrected chi connectivity index (χ3v) is 8.98. The highest BCUT2D eigenvalue weighted by Gasteiger charge is 2.26. The minimum Gasteiger partial charge on any atom is -0.455 e. The standard InChI is InChI=1S/C32H26FN3O5S/c1-4-26(37)29-24-17-23(20-8-6-9-21(16-20)32-35-31-27(41-32)10-7-15-34-31)25(36(3)42(38,39)5-2)18-28(24)40-30(29)19-11-13-22(33)14-12-19/h6-18H,4-5H2,1-3H3. The monoisotopic (exact) mass is 583 g/mol. The van der Waals surface area contributed by atoms with Crippen molar-refractivity contribution in [1.29, 1.82) is 0 Å². The number of sulfonamides is 1. The van der Waals surface area contributed by atoms with Crippen LogP contribution in [0, 0.1) is 5.82 Å². The molecule has 0 spiro atoms. The van der Waals surface area contributed by atoms with Crippen LogP contribution in [0.15, 0.2) is 87.8 Å². The number of furan rings is 1. The maximum atomic E-state index is 13.7. The summed E-state index contributed by atoms with van der Waals surface area (Å²) in [6.07, 6.45) is 1.85. The highest BCUT2D eigenvalue weighted by molar-refractivity contribution is 7.92. The van der Waals surface area contributed by atoms with E-state index in [0.29, 0.717) is 67.4 Å². The van der Waals surface area contributed by atoms with Crippen molar-refractivity contribution in [3.63, 3.8) is 0 Å². The number of carbonyl (C=O) groups is 1. The summed E-state index contributed by atoms with van der Waals surface area (Å²) in [5, 5.41) is 0.527. The van der Waals surface area contributed by atoms with Crippen molar-refractivity contribution in [3.05, 3.63) is 90.4 Å². The van der Waals surface area contributed by atoms with Gasteiger partial charge >= 0.3 is 0 Å². The second kappa shape index (κ2) is 10.5. The van der Waals surface area contributed by atoms with Gasteiger partial charge < -0.3 is 8.83 Å². The van der Waals surface area contributed by atoms with Crippen molar-refractivity contribution in [2.75, 3.05) is 17.1 Å². The van der Waals surface area contributed by atoms with E-state index in [9.17, 15) is 17.6 Å². The molecule has 0 aliphatic carbocycles. The number of ketones is 1. The van der Waals surface area contributed by atoms with E-state index in [0.717, 1.165) is 0 Å². The number of Topliss-reactive ketones (excluding diaryl/α,β-unsaturated/α-hetero) is 1.